The second-order valence-electron chi connectivity index (χ2n) is 4.33. The average molecular weight is 278 g/mol. The Morgan fingerprint density at radius 3 is 2.88 bits per heavy atom. The van der Waals surface area contributed by atoms with Gasteiger partial charge in [-0.1, -0.05) is 28.1 Å². The number of nitrogens with two attached hydrogens (primary N) is 1. The van der Waals surface area contributed by atoms with Gasteiger partial charge in [-0.25, -0.2) is 0 Å². The van der Waals surface area contributed by atoms with E-state index in [0.29, 0.717) is 0 Å². The lowest BCUT2D eigenvalue weighted by Gasteiger charge is -2.09. The molecule has 1 heterocycles. The number of rotatable bonds is 2. The van der Waals surface area contributed by atoms with E-state index in [-0.39, 0.29) is 5.54 Å². The van der Waals surface area contributed by atoms with Crippen LogP contribution in [0.2, 0.25) is 0 Å². The number of aromatic nitrogens is 2. The first-order valence-corrected chi connectivity index (χ1v) is 6.07. The summed E-state index contributed by atoms with van der Waals surface area (Å²) in [6, 6.07) is 8.16. The van der Waals surface area contributed by atoms with Gasteiger partial charge in [0.1, 0.15) is 0 Å². The van der Waals surface area contributed by atoms with Crippen LogP contribution in [0.4, 0.5) is 0 Å². The van der Waals surface area contributed by atoms with Crippen LogP contribution in [0.25, 0.3) is 11.3 Å². The Kier molecular flexibility index (Phi) is 2.16. The molecule has 16 heavy (non-hydrogen) atoms. The largest absolute Gasteiger partial charge is 0.321 e. The Morgan fingerprint density at radius 2 is 2.19 bits per heavy atom. The Balaban J connectivity index is 2.10. The fraction of sp³-hybridized carbons (Fsp3) is 0.250. The zero-order chi connectivity index (χ0) is 11.2. The topological polar surface area (TPSA) is 54.7 Å². The van der Waals surface area contributed by atoms with Crippen LogP contribution in [0.15, 0.2) is 34.9 Å². The van der Waals surface area contributed by atoms with Gasteiger partial charge in [0, 0.05) is 21.1 Å². The molecule has 0 atom stereocenters. The first kappa shape index (κ1) is 10.1. The summed E-state index contributed by atoms with van der Waals surface area (Å²) in [4.78, 5) is 0. The van der Waals surface area contributed by atoms with Crippen molar-refractivity contribution in [1.29, 1.82) is 0 Å². The van der Waals surface area contributed by atoms with Gasteiger partial charge in [-0.05, 0) is 25.0 Å². The molecule has 0 aliphatic heterocycles. The van der Waals surface area contributed by atoms with Gasteiger partial charge in [0.05, 0.1) is 11.9 Å². The van der Waals surface area contributed by atoms with Crippen LogP contribution in [-0.2, 0) is 5.54 Å². The maximum Gasteiger partial charge on any atom is 0.0701 e. The summed E-state index contributed by atoms with van der Waals surface area (Å²) in [7, 11) is 0. The molecule has 1 aromatic carbocycles. The zero-order valence-corrected chi connectivity index (χ0v) is 10.3. The van der Waals surface area contributed by atoms with Crippen molar-refractivity contribution in [2.45, 2.75) is 18.4 Å². The van der Waals surface area contributed by atoms with E-state index in [9.17, 15) is 0 Å². The van der Waals surface area contributed by atoms with Gasteiger partial charge >= 0.3 is 0 Å². The minimum Gasteiger partial charge on any atom is -0.321 e. The molecule has 3 nitrogen and oxygen atoms in total. The third-order valence-electron chi connectivity index (χ3n) is 3.08. The molecule has 0 amide bonds. The van der Waals surface area contributed by atoms with Gasteiger partial charge < -0.3 is 5.73 Å². The molecule has 1 fully saturated rings. The van der Waals surface area contributed by atoms with Crippen molar-refractivity contribution in [3.8, 4) is 11.3 Å². The second-order valence-corrected chi connectivity index (χ2v) is 5.24. The lowest BCUT2D eigenvalue weighted by molar-refractivity contribution is 0.743. The predicted octanol–water partition coefficient (Wildman–Crippen LogP) is 2.79. The number of halogens is 1. The molecule has 3 N–H and O–H groups in total. The van der Waals surface area contributed by atoms with Crippen LogP contribution in [0.1, 0.15) is 18.4 Å². The summed E-state index contributed by atoms with van der Waals surface area (Å²) in [6.07, 6.45) is 3.95. The number of nitrogens with one attached hydrogen (secondary N) is 1. The molecule has 1 saturated carbocycles. The van der Waals surface area contributed by atoms with Crippen LogP contribution in [0.3, 0.4) is 0 Å². The highest BCUT2D eigenvalue weighted by Crippen LogP contribution is 2.45. The first-order valence-electron chi connectivity index (χ1n) is 5.28. The van der Waals surface area contributed by atoms with E-state index < -0.39 is 0 Å². The van der Waals surface area contributed by atoms with Crippen molar-refractivity contribution in [1.82, 2.24) is 10.2 Å². The smallest absolute Gasteiger partial charge is 0.0701 e. The normalized spacial score (nSPS) is 17.4. The maximum atomic E-state index is 6.22. The number of nitrogens with zero attached hydrogens (tertiary/aromatic N) is 1. The Morgan fingerprint density at radius 1 is 1.38 bits per heavy atom. The molecule has 3 rings (SSSR count). The van der Waals surface area contributed by atoms with Crippen LogP contribution < -0.4 is 5.73 Å². The van der Waals surface area contributed by atoms with Gasteiger partial charge in [-0.3, -0.25) is 5.10 Å². The van der Waals surface area contributed by atoms with Crippen molar-refractivity contribution < 1.29 is 0 Å². The van der Waals surface area contributed by atoms with Crippen LogP contribution >= 0.6 is 15.9 Å². The number of hydrogen-bond donors (Lipinski definition) is 2. The number of H-pyrrole nitrogens is 1. The Labute approximate surface area is 102 Å². The van der Waals surface area contributed by atoms with Crippen molar-refractivity contribution in [2.75, 3.05) is 0 Å². The van der Waals surface area contributed by atoms with Gasteiger partial charge in [-0.15, -0.1) is 0 Å². The number of hydrogen-bond acceptors (Lipinski definition) is 2. The molecule has 0 saturated heterocycles. The third-order valence-corrected chi connectivity index (χ3v) is 3.57. The molecule has 0 bridgehead atoms. The molecule has 82 valence electrons. The van der Waals surface area contributed by atoms with E-state index in [4.69, 9.17) is 5.73 Å². The summed E-state index contributed by atoms with van der Waals surface area (Å²) >= 11 is 3.47. The lowest BCUT2D eigenvalue weighted by Crippen LogP contribution is -2.18. The molecule has 4 heteroatoms. The maximum absolute atomic E-state index is 6.22. The average Bonchev–Trinajstić information content (AvgIpc) is 2.83. The van der Waals surface area contributed by atoms with Crippen molar-refractivity contribution in [3.63, 3.8) is 0 Å². The Bertz CT molecular complexity index is 529. The minimum absolute atomic E-state index is 0.148. The fourth-order valence-corrected chi connectivity index (χ4v) is 2.33. The molecule has 0 radical (unpaired) electrons. The van der Waals surface area contributed by atoms with Crippen LogP contribution in [0, 0.1) is 0 Å². The molecular formula is C12H12BrN3. The van der Waals surface area contributed by atoms with E-state index in [1.807, 2.05) is 18.3 Å². The summed E-state index contributed by atoms with van der Waals surface area (Å²) in [6.45, 7) is 0. The van der Waals surface area contributed by atoms with Crippen molar-refractivity contribution in [2.24, 2.45) is 5.73 Å². The highest BCUT2D eigenvalue weighted by Gasteiger charge is 2.42. The molecule has 1 aliphatic carbocycles. The second kappa shape index (κ2) is 3.43. The van der Waals surface area contributed by atoms with Gasteiger partial charge in [0.25, 0.3) is 0 Å². The SMILES string of the molecule is NC1(c2cn[nH]c2-c2cccc(Br)c2)CC1. The number of aromatic amines is 1. The van der Waals surface area contributed by atoms with Gasteiger partial charge in [0.2, 0.25) is 0 Å². The van der Waals surface area contributed by atoms with Crippen LogP contribution in [-0.4, -0.2) is 10.2 Å². The molecule has 1 aliphatic rings. The van der Waals surface area contributed by atoms with E-state index in [2.05, 4.69) is 38.3 Å². The third kappa shape index (κ3) is 1.58. The van der Waals surface area contributed by atoms with E-state index in [1.165, 1.54) is 0 Å². The van der Waals surface area contributed by atoms with Crippen molar-refractivity contribution >= 4 is 15.9 Å². The van der Waals surface area contributed by atoms with Gasteiger partial charge in [0.15, 0.2) is 0 Å². The monoisotopic (exact) mass is 277 g/mol. The quantitative estimate of drug-likeness (QED) is 0.887. The van der Waals surface area contributed by atoms with E-state index >= 15 is 0 Å². The van der Waals surface area contributed by atoms with Crippen molar-refractivity contribution in [3.05, 3.63) is 40.5 Å². The lowest BCUT2D eigenvalue weighted by atomic mass is 10.0. The molecular weight excluding hydrogens is 266 g/mol. The molecule has 2 aromatic rings. The first-order chi connectivity index (χ1) is 7.69. The van der Waals surface area contributed by atoms with Gasteiger partial charge in [-0.2, -0.15) is 5.10 Å². The summed E-state index contributed by atoms with van der Waals surface area (Å²) in [5.41, 5.74) is 9.37. The molecule has 0 spiro atoms. The van der Waals surface area contributed by atoms with E-state index in [0.717, 1.165) is 34.1 Å². The zero-order valence-electron chi connectivity index (χ0n) is 8.70. The molecule has 0 unspecified atom stereocenters. The predicted molar refractivity (Wildman–Crippen MR) is 66.8 cm³/mol. The summed E-state index contributed by atoms with van der Waals surface area (Å²) in [5, 5.41) is 7.16. The fourth-order valence-electron chi connectivity index (χ4n) is 1.93. The van der Waals surface area contributed by atoms with Crippen LogP contribution in [0.5, 0.6) is 0 Å². The summed E-state index contributed by atoms with van der Waals surface area (Å²) < 4.78 is 1.06. The highest BCUT2D eigenvalue weighted by molar-refractivity contribution is 9.10. The minimum atomic E-state index is -0.148. The summed E-state index contributed by atoms with van der Waals surface area (Å²) in [5.74, 6) is 0. The molecule has 1 aromatic heterocycles. The van der Waals surface area contributed by atoms with E-state index in [1.54, 1.807) is 0 Å². The number of benzene rings is 1. The standard InChI is InChI=1S/C12H12BrN3/c13-9-3-1-2-8(6-9)11-10(7-15-16-11)12(14)4-5-12/h1-3,6-7H,4-5,14H2,(H,15,16). The highest BCUT2D eigenvalue weighted by atomic mass is 79.9. The Hall–Kier alpha value is -1.13.